The predicted molar refractivity (Wildman–Crippen MR) is 129 cm³/mol. The highest BCUT2D eigenvalue weighted by atomic mass is 16.4. The lowest BCUT2D eigenvalue weighted by molar-refractivity contribution is 0.322. The molecule has 0 unspecified atom stereocenters. The van der Waals surface area contributed by atoms with Crippen LogP contribution in [0.15, 0.2) is 51.7 Å². The van der Waals surface area contributed by atoms with E-state index >= 15 is 0 Å². The smallest absolute Gasteiger partial charge is 0.296 e. The summed E-state index contributed by atoms with van der Waals surface area (Å²) < 4.78 is 9.23. The van der Waals surface area contributed by atoms with Crippen LogP contribution in [0.2, 0.25) is 0 Å². The summed E-state index contributed by atoms with van der Waals surface area (Å²) in [6.07, 6.45) is 3.06. The van der Waals surface area contributed by atoms with Gasteiger partial charge in [-0.3, -0.25) is 9.36 Å². The largest absolute Gasteiger partial charge is 0.501 e. The highest BCUT2D eigenvalue weighted by molar-refractivity contribution is 5.84. The van der Waals surface area contributed by atoms with Crippen molar-refractivity contribution >= 4 is 22.1 Å². The van der Waals surface area contributed by atoms with Crippen LogP contribution in [0.3, 0.4) is 0 Å². The van der Waals surface area contributed by atoms with Gasteiger partial charge in [0.15, 0.2) is 22.9 Å². The molecule has 1 aliphatic rings. The van der Waals surface area contributed by atoms with Crippen molar-refractivity contribution in [2.45, 2.75) is 25.3 Å². The number of rotatable bonds is 4. The number of hydrogen-bond donors (Lipinski definition) is 2. The molecule has 0 aliphatic heterocycles. The SMILES string of the molecule is Cn1c(-c2nc3ccc(-c4nn[nH]n4)cc3n2C2CCC2)nc(-c2nc3ccccc3o2)c(O)c1=O. The number of nitrogens with one attached hydrogen (secondary N) is 1. The second kappa shape index (κ2) is 7.57. The molecular formula is C24H19N9O3. The van der Waals surface area contributed by atoms with Gasteiger partial charge in [0, 0.05) is 18.7 Å². The Morgan fingerprint density at radius 2 is 1.92 bits per heavy atom. The first-order valence-electron chi connectivity index (χ1n) is 11.5. The zero-order valence-corrected chi connectivity index (χ0v) is 19.1. The van der Waals surface area contributed by atoms with Crippen molar-refractivity contribution in [1.82, 2.24) is 44.7 Å². The number of hydrogen-bond acceptors (Lipinski definition) is 9. The van der Waals surface area contributed by atoms with Gasteiger partial charge in [-0.25, -0.2) is 15.0 Å². The van der Waals surface area contributed by atoms with Gasteiger partial charge < -0.3 is 14.1 Å². The molecule has 4 heterocycles. The molecule has 0 bridgehead atoms. The highest BCUT2D eigenvalue weighted by Gasteiger charge is 2.29. The number of tetrazole rings is 1. The van der Waals surface area contributed by atoms with Crippen molar-refractivity contribution in [3.63, 3.8) is 0 Å². The molecule has 7 rings (SSSR count). The van der Waals surface area contributed by atoms with Crippen molar-refractivity contribution in [2.24, 2.45) is 7.05 Å². The molecule has 4 aromatic heterocycles. The zero-order valence-electron chi connectivity index (χ0n) is 19.1. The average molecular weight is 481 g/mol. The summed E-state index contributed by atoms with van der Waals surface area (Å²) in [5.41, 5.74) is 2.92. The Labute approximate surface area is 202 Å². The maximum atomic E-state index is 13.1. The van der Waals surface area contributed by atoms with Gasteiger partial charge in [-0.1, -0.05) is 12.1 Å². The molecule has 1 saturated carbocycles. The number of aromatic nitrogens is 9. The van der Waals surface area contributed by atoms with Crippen molar-refractivity contribution in [3.8, 4) is 40.4 Å². The van der Waals surface area contributed by atoms with Gasteiger partial charge in [-0.2, -0.15) is 5.21 Å². The number of fused-ring (bicyclic) bond motifs is 2. The molecule has 0 spiro atoms. The van der Waals surface area contributed by atoms with Crippen LogP contribution in [-0.4, -0.2) is 49.8 Å². The van der Waals surface area contributed by atoms with Crippen LogP contribution in [0.4, 0.5) is 0 Å². The van der Waals surface area contributed by atoms with Crippen LogP contribution >= 0.6 is 0 Å². The topological polar surface area (TPSA) is 153 Å². The lowest BCUT2D eigenvalue weighted by Gasteiger charge is -2.29. The Morgan fingerprint density at radius 1 is 1.06 bits per heavy atom. The molecule has 1 fully saturated rings. The minimum absolute atomic E-state index is 0.0241. The zero-order chi connectivity index (χ0) is 24.4. The Bertz CT molecular complexity index is 1790. The van der Waals surface area contributed by atoms with E-state index in [0.717, 1.165) is 35.9 Å². The highest BCUT2D eigenvalue weighted by Crippen LogP contribution is 2.39. The third-order valence-corrected chi connectivity index (χ3v) is 6.70. The minimum Gasteiger partial charge on any atom is -0.501 e. The van der Waals surface area contributed by atoms with Crippen LogP contribution in [0.1, 0.15) is 25.3 Å². The Kier molecular flexibility index (Phi) is 4.31. The molecule has 0 atom stereocenters. The quantitative estimate of drug-likeness (QED) is 0.386. The summed E-state index contributed by atoms with van der Waals surface area (Å²) in [6.45, 7) is 0. The number of H-pyrrole nitrogens is 1. The van der Waals surface area contributed by atoms with E-state index in [1.807, 2.05) is 30.3 Å². The van der Waals surface area contributed by atoms with Gasteiger partial charge in [-0.05, 0) is 54.8 Å². The minimum atomic E-state index is -0.614. The maximum Gasteiger partial charge on any atom is 0.296 e. The predicted octanol–water partition coefficient (Wildman–Crippen LogP) is 3.22. The normalized spacial score (nSPS) is 14.0. The summed E-state index contributed by atoms with van der Waals surface area (Å²) in [5.74, 6) is 0.848. The average Bonchev–Trinajstić information content (AvgIpc) is 3.60. The standard InChI is InChI=1S/C24H19N9O3/c1-32-21(27-18(19(34)24(32)35)23-26-15-7-2-3-8-17(15)36-23)22-25-14-10-9-12(20-28-30-31-29-20)11-16(14)33(22)13-5-4-6-13/h2-3,7-11,13,34H,4-6H2,1H3,(H,28,29,30,31). The van der Waals surface area contributed by atoms with Gasteiger partial charge in [0.25, 0.3) is 5.56 Å². The first-order chi connectivity index (χ1) is 17.6. The Balaban J connectivity index is 1.47. The fourth-order valence-electron chi connectivity index (χ4n) is 4.60. The lowest BCUT2D eigenvalue weighted by atomic mass is 9.92. The Morgan fingerprint density at radius 3 is 2.67 bits per heavy atom. The van der Waals surface area contributed by atoms with E-state index in [4.69, 9.17) is 9.40 Å². The Hall–Kier alpha value is -4.87. The van der Waals surface area contributed by atoms with Crippen molar-refractivity contribution in [2.75, 3.05) is 0 Å². The first kappa shape index (κ1) is 20.5. The van der Waals surface area contributed by atoms with Crippen molar-refractivity contribution in [3.05, 3.63) is 52.8 Å². The van der Waals surface area contributed by atoms with Crippen LogP contribution < -0.4 is 5.56 Å². The molecule has 0 amide bonds. The van der Waals surface area contributed by atoms with Crippen LogP contribution in [0.5, 0.6) is 5.75 Å². The van der Waals surface area contributed by atoms with E-state index < -0.39 is 11.3 Å². The summed E-state index contributed by atoms with van der Waals surface area (Å²) >= 11 is 0. The molecule has 12 nitrogen and oxygen atoms in total. The van der Waals surface area contributed by atoms with E-state index in [0.29, 0.717) is 28.6 Å². The van der Waals surface area contributed by atoms with Crippen molar-refractivity contribution < 1.29 is 9.52 Å². The molecule has 12 heteroatoms. The summed E-state index contributed by atoms with van der Waals surface area (Å²) in [5, 5.41) is 25.0. The van der Waals surface area contributed by atoms with Crippen LogP contribution in [-0.2, 0) is 7.05 Å². The third kappa shape index (κ3) is 2.97. The number of aromatic hydroxyl groups is 1. The number of nitrogens with zero attached hydrogens (tertiary/aromatic N) is 8. The van der Waals surface area contributed by atoms with Gasteiger partial charge in [-0.15, -0.1) is 10.2 Å². The van der Waals surface area contributed by atoms with E-state index in [1.54, 1.807) is 19.2 Å². The second-order valence-corrected chi connectivity index (χ2v) is 8.81. The van der Waals surface area contributed by atoms with E-state index in [9.17, 15) is 9.90 Å². The third-order valence-electron chi connectivity index (χ3n) is 6.70. The molecule has 2 N–H and O–H groups in total. The fraction of sp³-hybridized carbons (Fsp3) is 0.208. The van der Waals surface area contributed by atoms with Crippen LogP contribution in [0.25, 0.3) is 56.8 Å². The van der Waals surface area contributed by atoms with Gasteiger partial charge >= 0.3 is 0 Å². The number of benzene rings is 2. The van der Waals surface area contributed by atoms with E-state index in [2.05, 4.69) is 35.2 Å². The van der Waals surface area contributed by atoms with Crippen molar-refractivity contribution in [1.29, 1.82) is 0 Å². The van der Waals surface area contributed by atoms with E-state index in [1.165, 1.54) is 4.57 Å². The van der Waals surface area contributed by atoms with Gasteiger partial charge in [0.1, 0.15) is 5.52 Å². The molecule has 2 aromatic carbocycles. The summed E-state index contributed by atoms with van der Waals surface area (Å²) in [4.78, 5) is 27.1. The van der Waals surface area contributed by atoms with Crippen LogP contribution in [0, 0.1) is 0 Å². The number of oxazole rings is 1. The first-order valence-corrected chi connectivity index (χ1v) is 11.5. The molecular weight excluding hydrogens is 462 g/mol. The molecule has 0 radical (unpaired) electrons. The summed E-state index contributed by atoms with van der Waals surface area (Å²) in [6, 6.07) is 13.1. The molecule has 36 heavy (non-hydrogen) atoms. The molecule has 6 aromatic rings. The second-order valence-electron chi connectivity index (χ2n) is 8.81. The fourth-order valence-corrected chi connectivity index (χ4v) is 4.60. The molecule has 0 saturated heterocycles. The summed E-state index contributed by atoms with van der Waals surface area (Å²) in [7, 11) is 1.56. The molecule has 178 valence electrons. The van der Waals surface area contributed by atoms with Gasteiger partial charge in [0.2, 0.25) is 17.5 Å². The van der Waals surface area contributed by atoms with E-state index in [-0.39, 0.29) is 17.6 Å². The maximum absolute atomic E-state index is 13.1. The number of para-hydroxylation sites is 2. The number of aromatic amines is 1. The van der Waals surface area contributed by atoms with Gasteiger partial charge in [0.05, 0.1) is 11.0 Å². The molecule has 1 aliphatic carbocycles. The lowest BCUT2D eigenvalue weighted by Crippen LogP contribution is -2.24. The monoisotopic (exact) mass is 481 g/mol. The number of imidazole rings is 1.